The van der Waals surface area contributed by atoms with Crippen molar-refractivity contribution in [3.05, 3.63) is 60.2 Å². The summed E-state index contributed by atoms with van der Waals surface area (Å²) in [6, 6.07) is 8.27. The lowest BCUT2D eigenvalue weighted by Gasteiger charge is -2.08. The second-order valence-electron chi connectivity index (χ2n) is 7.27. The van der Waals surface area contributed by atoms with E-state index in [0.717, 1.165) is 46.1 Å². The summed E-state index contributed by atoms with van der Waals surface area (Å²) < 4.78 is 19.7. The number of hydrogen-bond acceptors (Lipinski definition) is 8. The first-order chi connectivity index (χ1) is 15.7. The van der Waals surface area contributed by atoms with Crippen LogP contribution in [0.2, 0.25) is 0 Å². The van der Waals surface area contributed by atoms with Crippen molar-refractivity contribution in [3.8, 4) is 28.7 Å². The SMILES string of the molecule is COc1ccc(Cn2cc(-c3c4c(nn3-c3cnc(OC)nc3)NCOCC4)cn2)cc1. The Morgan fingerprint density at radius 1 is 1.06 bits per heavy atom. The predicted molar refractivity (Wildman–Crippen MR) is 117 cm³/mol. The van der Waals surface area contributed by atoms with Crippen molar-refractivity contribution in [2.24, 2.45) is 0 Å². The van der Waals surface area contributed by atoms with Gasteiger partial charge >= 0.3 is 6.01 Å². The van der Waals surface area contributed by atoms with Crippen molar-refractivity contribution in [1.82, 2.24) is 29.5 Å². The summed E-state index contributed by atoms with van der Waals surface area (Å²) in [5, 5.41) is 12.6. The Kier molecular flexibility index (Phi) is 5.42. The van der Waals surface area contributed by atoms with Crippen LogP contribution in [0.4, 0.5) is 5.82 Å². The van der Waals surface area contributed by atoms with Gasteiger partial charge in [-0.25, -0.2) is 14.6 Å². The normalized spacial score (nSPS) is 13.2. The molecule has 0 amide bonds. The van der Waals surface area contributed by atoms with Gasteiger partial charge in [0.2, 0.25) is 0 Å². The molecule has 4 heterocycles. The maximum Gasteiger partial charge on any atom is 0.316 e. The number of anilines is 1. The molecular weight excluding hydrogens is 410 g/mol. The molecule has 0 fully saturated rings. The summed E-state index contributed by atoms with van der Waals surface area (Å²) in [6.07, 6.45) is 8.00. The number of hydrogen-bond donors (Lipinski definition) is 1. The monoisotopic (exact) mass is 433 g/mol. The van der Waals surface area contributed by atoms with Gasteiger partial charge in [-0.05, 0) is 17.7 Å². The van der Waals surface area contributed by atoms with E-state index < -0.39 is 0 Å². The van der Waals surface area contributed by atoms with E-state index in [-0.39, 0.29) is 0 Å². The van der Waals surface area contributed by atoms with Gasteiger partial charge in [-0.1, -0.05) is 12.1 Å². The molecule has 1 aromatic carbocycles. The van der Waals surface area contributed by atoms with Gasteiger partial charge in [-0.15, -0.1) is 5.10 Å². The Morgan fingerprint density at radius 3 is 2.62 bits per heavy atom. The van der Waals surface area contributed by atoms with Crippen molar-refractivity contribution < 1.29 is 14.2 Å². The van der Waals surface area contributed by atoms with Gasteiger partial charge in [-0.3, -0.25) is 4.68 Å². The van der Waals surface area contributed by atoms with Gasteiger partial charge < -0.3 is 19.5 Å². The van der Waals surface area contributed by atoms with E-state index in [1.807, 2.05) is 46.0 Å². The summed E-state index contributed by atoms with van der Waals surface area (Å²) in [7, 11) is 3.20. The Morgan fingerprint density at radius 2 is 1.88 bits per heavy atom. The zero-order valence-electron chi connectivity index (χ0n) is 17.9. The molecule has 0 radical (unpaired) electrons. The van der Waals surface area contributed by atoms with E-state index >= 15 is 0 Å². The summed E-state index contributed by atoms with van der Waals surface area (Å²) in [6.45, 7) is 1.67. The number of benzene rings is 1. The molecule has 1 N–H and O–H groups in total. The highest BCUT2D eigenvalue weighted by Crippen LogP contribution is 2.33. The molecule has 1 aliphatic heterocycles. The zero-order valence-corrected chi connectivity index (χ0v) is 17.9. The number of methoxy groups -OCH3 is 2. The smallest absolute Gasteiger partial charge is 0.316 e. The van der Waals surface area contributed by atoms with Gasteiger partial charge in [0, 0.05) is 23.7 Å². The van der Waals surface area contributed by atoms with E-state index in [0.29, 0.717) is 25.9 Å². The highest BCUT2D eigenvalue weighted by atomic mass is 16.5. The van der Waals surface area contributed by atoms with Crippen molar-refractivity contribution in [2.75, 3.05) is 32.9 Å². The maximum atomic E-state index is 5.57. The van der Waals surface area contributed by atoms with E-state index in [1.54, 1.807) is 19.5 Å². The molecule has 0 bridgehead atoms. The van der Waals surface area contributed by atoms with Crippen molar-refractivity contribution in [1.29, 1.82) is 0 Å². The lowest BCUT2D eigenvalue weighted by molar-refractivity contribution is 0.159. The fourth-order valence-electron chi connectivity index (χ4n) is 3.69. The molecule has 0 aliphatic carbocycles. The minimum Gasteiger partial charge on any atom is -0.497 e. The van der Waals surface area contributed by atoms with Gasteiger partial charge in [0.1, 0.15) is 18.2 Å². The van der Waals surface area contributed by atoms with Crippen LogP contribution < -0.4 is 14.8 Å². The number of rotatable bonds is 6. The molecule has 0 spiro atoms. The Hall–Kier alpha value is -3.92. The average molecular weight is 433 g/mol. The van der Waals surface area contributed by atoms with E-state index in [9.17, 15) is 0 Å². The lowest BCUT2D eigenvalue weighted by Crippen LogP contribution is -2.07. The highest BCUT2D eigenvalue weighted by Gasteiger charge is 2.23. The topological polar surface area (TPSA) is 101 Å². The minimum atomic E-state index is 0.308. The highest BCUT2D eigenvalue weighted by molar-refractivity contribution is 5.71. The van der Waals surface area contributed by atoms with Crippen LogP contribution in [0.25, 0.3) is 16.9 Å². The molecule has 10 nitrogen and oxygen atoms in total. The fraction of sp³-hybridized carbons (Fsp3) is 0.273. The number of aromatic nitrogens is 6. The Balaban J connectivity index is 1.52. The number of ether oxygens (including phenoxy) is 3. The van der Waals surface area contributed by atoms with Crippen LogP contribution >= 0.6 is 0 Å². The summed E-state index contributed by atoms with van der Waals surface area (Å²) >= 11 is 0. The first-order valence-electron chi connectivity index (χ1n) is 10.2. The van der Waals surface area contributed by atoms with Crippen molar-refractivity contribution in [2.45, 2.75) is 13.0 Å². The minimum absolute atomic E-state index is 0.308. The molecule has 164 valence electrons. The third kappa shape index (κ3) is 3.87. The molecule has 0 saturated carbocycles. The van der Waals surface area contributed by atoms with Crippen LogP contribution in [0.3, 0.4) is 0 Å². The van der Waals surface area contributed by atoms with Crippen LogP contribution in [0.1, 0.15) is 11.1 Å². The van der Waals surface area contributed by atoms with Crippen LogP contribution in [-0.4, -0.2) is 57.1 Å². The fourth-order valence-corrected chi connectivity index (χ4v) is 3.69. The second kappa shape index (κ2) is 8.67. The molecular formula is C22H23N7O3. The van der Waals surface area contributed by atoms with E-state index in [4.69, 9.17) is 19.3 Å². The number of nitrogens with one attached hydrogen (secondary N) is 1. The number of nitrogens with zero attached hydrogens (tertiary/aromatic N) is 6. The molecule has 0 atom stereocenters. The maximum absolute atomic E-state index is 5.57. The zero-order chi connectivity index (χ0) is 21.9. The largest absolute Gasteiger partial charge is 0.497 e. The molecule has 0 saturated heterocycles. The lowest BCUT2D eigenvalue weighted by atomic mass is 10.1. The van der Waals surface area contributed by atoms with Gasteiger partial charge in [0.25, 0.3) is 0 Å². The Bertz CT molecular complexity index is 1200. The Labute approximate surface area is 184 Å². The van der Waals surface area contributed by atoms with Gasteiger partial charge in [-0.2, -0.15) is 5.10 Å². The summed E-state index contributed by atoms with van der Waals surface area (Å²) in [5.74, 6) is 1.62. The molecule has 0 unspecified atom stereocenters. The second-order valence-corrected chi connectivity index (χ2v) is 7.27. The van der Waals surface area contributed by atoms with E-state index in [2.05, 4.69) is 20.4 Å². The molecule has 1 aliphatic rings. The van der Waals surface area contributed by atoms with Crippen LogP contribution in [0, 0.1) is 0 Å². The van der Waals surface area contributed by atoms with E-state index in [1.165, 1.54) is 7.11 Å². The third-order valence-electron chi connectivity index (χ3n) is 5.27. The molecule has 3 aromatic heterocycles. The summed E-state index contributed by atoms with van der Waals surface area (Å²) in [5.41, 5.74) is 4.83. The summed E-state index contributed by atoms with van der Waals surface area (Å²) in [4.78, 5) is 8.48. The van der Waals surface area contributed by atoms with Crippen LogP contribution in [0.15, 0.2) is 49.1 Å². The first kappa shape index (κ1) is 20.0. The van der Waals surface area contributed by atoms with Crippen LogP contribution in [0.5, 0.6) is 11.8 Å². The van der Waals surface area contributed by atoms with Crippen molar-refractivity contribution >= 4 is 5.82 Å². The van der Waals surface area contributed by atoms with Crippen LogP contribution in [-0.2, 0) is 17.7 Å². The molecule has 4 aromatic rings. The average Bonchev–Trinajstić information content (AvgIpc) is 3.36. The van der Waals surface area contributed by atoms with Crippen molar-refractivity contribution in [3.63, 3.8) is 0 Å². The molecule has 32 heavy (non-hydrogen) atoms. The third-order valence-corrected chi connectivity index (χ3v) is 5.27. The quantitative estimate of drug-likeness (QED) is 0.495. The standard InChI is InChI=1S/C22H23N7O3/c1-30-18-5-3-15(4-6-18)12-28-13-16(9-26-28)20-19-7-8-32-14-25-21(19)27-29(20)17-10-23-22(31-2)24-11-17/h3-6,9-11,13H,7-8,12,14H2,1-2H3,(H,25,27). The predicted octanol–water partition coefficient (Wildman–Crippen LogP) is 2.53. The number of fused-ring (bicyclic) bond motifs is 1. The first-order valence-corrected chi connectivity index (χ1v) is 10.2. The van der Waals surface area contributed by atoms with Gasteiger partial charge in [0.15, 0.2) is 5.82 Å². The van der Waals surface area contributed by atoms with Gasteiger partial charge in [0.05, 0.1) is 51.7 Å². The molecule has 10 heteroatoms. The molecule has 5 rings (SSSR count).